The van der Waals surface area contributed by atoms with Gasteiger partial charge in [0.05, 0.1) is 11.8 Å². The molecule has 2 heterocycles. The molecule has 1 aliphatic heterocycles. The largest absolute Gasteiger partial charge is 0.396 e. The van der Waals surface area contributed by atoms with Gasteiger partial charge < -0.3 is 10.0 Å². The maximum Gasteiger partial charge on any atom is 0.257 e. The molecule has 7 heteroatoms. The van der Waals surface area contributed by atoms with Gasteiger partial charge in [-0.3, -0.25) is 4.79 Å². The van der Waals surface area contributed by atoms with Crippen molar-refractivity contribution in [2.45, 2.75) is 6.42 Å². The molecule has 1 unspecified atom stereocenters. The molecule has 0 aliphatic carbocycles. The van der Waals surface area contributed by atoms with E-state index in [9.17, 15) is 13.6 Å². The lowest BCUT2D eigenvalue weighted by atomic mass is 10.1. The summed E-state index contributed by atoms with van der Waals surface area (Å²) in [6.45, 7) is 1.15. The van der Waals surface area contributed by atoms with Crippen molar-refractivity contribution in [3.8, 4) is 5.69 Å². The number of nitrogens with zero attached hydrogens (tertiary/aromatic N) is 3. The fourth-order valence-electron chi connectivity index (χ4n) is 2.58. The minimum atomic E-state index is -0.747. The Balaban J connectivity index is 1.80. The van der Waals surface area contributed by atoms with E-state index in [0.29, 0.717) is 18.7 Å². The molecule has 0 saturated carbocycles. The SMILES string of the molecule is O=C(c1cnn(-c2ccc(F)cc2F)c1)N1CCC(CO)C1. The van der Waals surface area contributed by atoms with E-state index in [-0.39, 0.29) is 24.1 Å². The normalized spacial score (nSPS) is 18.0. The van der Waals surface area contributed by atoms with E-state index < -0.39 is 11.6 Å². The first-order chi connectivity index (χ1) is 10.6. The van der Waals surface area contributed by atoms with Crippen LogP contribution in [0.1, 0.15) is 16.8 Å². The maximum absolute atomic E-state index is 13.7. The molecule has 1 aliphatic rings. The van der Waals surface area contributed by atoms with Crippen molar-refractivity contribution in [3.05, 3.63) is 47.8 Å². The summed E-state index contributed by atoms with van der Waals surface area (Å²) < 4.78 is 27.9. The smallest absolute Gasteiger partial charge is 0.257 e. The van der Waals surface area contributed by atoms with E-state index in [4.69, 9.17) is 5.11 Å². The zero-order valence-corrected chi connectivity index (χ0v) is 11.7. The molecule has 2 aromatic rings. The van der Waals surface area contributed by atoms with E-state index in [1.807, 2.05) is 0 Å². The number of aliphatic hydroxyl groups is 1. The predicted octanol–water partition coefficient (Wildman–Crippen LogP) is 1.60. The second kappa shape index (κ2) is 5.84. The Hall–Kier alpha value is -2.28. The number of amides is 1. The van der Waals surface area contributed by atoms with Crippen LogP contribution < -0.4 is 0 Å². The summed E-state index contributed by atoms with van der Waals surface area (Å²) in [7, 11) is 0. The highest BCUT2D eigenvalue weighted by Gasteiger charge is 2.27. The number of aromatic nitrogens is 2. The summed E-state index contributed by atoms with van der Waals surface area (Å²) in [6.07, 6.45) is 3.55. The van der Waals surface area contributed by atoms with Crippen LogP contribution >= 0.6 is 0 Å². The molecule has 1 aromatic heterocycles. The second-order valence-corrected chi connectivity index (χ2v) is 5.36. The highest BCUT2D eigenvalue weighted by molar-refractivity contribution is 5.94. The maximum atomic E-state index is 13.7. The number of halogens is 2. The number of hydrogen-bond donors (Lipinski definition) is 1. The molecule has 5 nitrogen and oxygen atoms in total. The molecule has 22 heavy (non-hydrogen) atoms. The summed E-state index contributed by atoms with van der Waals surface area (Å²) in [6, 6.07) is 3.17. The fraction of sp³-hybridized carbons (Fsp3) is 0.333. The lowest BCUT2D eigenvalue weighted by Gasteiger charge is -2.14. The van der Waals surface area contributed by atoms with Crippen LogP contribution in [0.2, 0.25) is 0 Å². The first-order valence-corrected chi connectivity index (χ1v) is 6.98. The molecule has 0 bridgehead atoms. The number of carbonyl (C=O) groups excluding carboxylic acids is 1. The van der Waals surface area contributed by atoms with Crippen molar-refractivity contribution in [1.82, 2.24) is 14.7 Å². The standard InChI is InChI=1S/C15H15F2N3O2/c16-12-1-2-14(13(17)5-12)20-8-11(6-18-20)15(22)19-4-3-10(7-19)9-21/h1-2,5-6,8,10,21H,3-4,7,9H2. The molecule has 1 amide bonds. The van der Waals surface area contributed by atoms with Crippen LogP contribution in [0.25, 0.3) is 5.69 Å². The van der Waals surface area contributed by atoms with Gasteiger partial charge >= 0.3 is 0 Å². The molecule has 1 fully saturated rings. The minimum absolute atomic E-state index is 0.0594. The van der Waals surface area contributed by atoms with Crippen molar-refractivity contribution < 1.29 is 18.7 Å². The van der Waals surface area contributed by atoms with Gasteiger partial charge in [-0.2, -0.15) is 5.10 Å². The third-order valence-corrected chi connectivity index (χ3v) is 3.82. The summed E-state index contributed by atoms with van der Waals surface area (Å²) >= 11 is 0. The Kier molecular flexibility index (Phi) is 3.89. The van der Waals surface area contributed by atoms with Crippen LogP contribution in [-0.4, -0.2) is 45.4 Å². The third-order valence-electron chi connectivity index (χ3n) is 3.82. The van der Waals surface area contributed by atoms with Gasteiger partial charge in [0.1, 0.15) is 11.5 Å². The van der Waals surface area contributed by atoms with E-state index in [1.165, 1.54) is 23.1 Å². The summed E-state index contributed by atoms with van der Waals surface area (Å²) in [5.74, 6) is -1.52. The number of benzene rings is 1. The quantitative estimate of drug-likeness (QED) is 0.937. The van der Waals surface area contributed by atoms with E-state index in [2.05, 4.69) is 5.10 Å². The minimum Gasteiger partial charge on any atom is -0.396 e. The lowest BCUT2D eigenvalue weighted by Crippen LogP contribution is -2.28. The van der Waals surface area contributed by atoms with Gasteiger partial charge in [-0.25, -0.2) is 13.5 Å². The molecule has 0 radical (unpaired) electrons. The Morgan fingerprint density at radius 1 is 1.41 bits per heavy atom. The van der Waals surface area contributed by atoms with Crippen LogP contribution in [0, 0.1) is 17.6 Å². The van der Waals surface area contributed by atoms with Crippen molar-refractivity contribution in [1.29, 1.82) is 0 Å². The number of carbonyl (C=O) groups is 1. The summed E-state index contributed by atoms with van der Waals surface area (Å²) in [4.78, 5) is 14.0. The fourth-order valence-corrected chi connectivity index (χ4v) is 2.58. The number of rotatable bonds is 3. The topological polar surface area (TPSA) is 58.4 Å². The molecular formula is C15H15F2N3O2. The first kappa shape index (κ1) is 14.6. The van der Waals surface area contributed by atoms with Crippen LogP contribution in [0.15, 0.2) is 30.6 Å². The molecule has 1 saturated heterocycles. The molecule has 0 spiro atoms. The van der Waals surface area contributed by atoms with Gasteiger partial charge in [0.15, 0.2) is 5.82 Å². The van der Waals surface area contributed by atoms with Gasteiger partial charge in [0.2, 0.25) is 0 Å². The van der Waals surface area contributed by atoms with Gasteiger partial charge in [0.25, 0.3) is 5.91 Å². The van der Waals surface area contributed by atoms with Gasteiger partial charge in [-0.05, 0) is 18.6 Å². The number of aliphatic hydroxyl groups excluding tert-OH is 1. The molecule has 3 rings (SSSR count). The van der Waals surface area contributed by atoms with Crippen molar-refractivity contribution in [3.63, 3.8) is 0 Å². The zero-order chi connectivity index (χ0) is 15.7. The Labute approximate surface area is 125 Å². The van der Waals surface area contributed by atoms with Gasteiger partial charge in [0, 0.05) is 37.9 Å². The Morgan fingerprint density at radius 2 is 2.23 bits per heavy atom. The summed E-state index contributed by atoms with van der Waals surface area (Å²) in [5, 5.41) is 13.1. The molecule has 1 atom stereocenters. The van der Waals surface area contributed by atoms with Crippen molar-refractivity contribution >= 4 is 5.91 Å². The monoisotopic (exact) mass is 307 g/mol. The molecule has 1 N–H and O–H groups in total. The average Bonchev–Trinajstić information content (AvgIpc) is 3.16. The third kappa shape index (κ3) is 2.71. The van der Waals surface area contributed by atoms with Crippen LogP contribution in [0.4, 0.5) is 8.78 Å². The van der Waals surface area contributed by atoms with Crippen molar-refractivity contribution in [2.75, 3.05) is 19.7 Å². The van der Waals surface area contributed by atoms with E-state index in [1.54, 1.807) is 4.90 Å². The average molecular weight is 307 g/mol. The molecule has 1 aromatic carbocycles. The number of hydrogen-bond acceptors (Lipinski definition) is 3. The van der Waals surface area contributed by atoms with E-state index >= 15 is 0 Å². The van der Waals surface area contributed by atoms with Crippen LogP contribution in [0.3, 0.4) is 0 Å². The van der Waals surface area contributed by atoms with Gasteiger partial charge in [-0.15, -0.1) is 0 Å². The van der Waals surface area contributed by atoms with E-state index in [0.717, 1.165) is 18.6 Å². The first-order valence-electron chi connectivity index (χ1n) is 6.98. The molecular weight excluding hydrogens is 292 g/mol. The number of likely N-dealkylation sites (tertiary alicyclic amines) is 1. The van der Waals surface area contributed by atoms with Gasteiger partial charge in [-0.1, -0.05) is 0 Å². The van der Waals surface area contributed by atoms with Crippen molar-refractivity contribution in [2.24, 2.45) is 5.92 Å². The second-order valence-electron chi connectivity index (χ2n) is 5.36. The zero-order valence-electron chi connectivity index (χ0n) is 11.7. The van der Waals surface area contributed by atoms with Crippen LogP contribution in [-0.2, 0) is 0 Å². The lowest BCUT2D eigenvalue weighted by molar-refractivity contribution is 0.0782. The summed E-state index contributed by atoms with van der Waals surface area (Å²) in [5.41, 5.74) is 0.414. The predicted molar refractivity (Wildman–Crippen MR) is 74.6 cm³/mol. The Bertz CT molecular complexity index is 702. The highest BCUT2D eigenvalue weighted by Crippen LogP contribution is 2.19. The highest BCUT2D eigenvalue weighted by atomic mass is 19.1. The molecule has 116 valence electrons. The Morgan fingerprint density at radius 3 is 2.91 bits per heavy atom. The van der Waals surface area contributed by atoms with Crippen LogP contribution in [0.5, 0.6) is 0 Å².